The molecule has 0 saturated heterocycles. The van der Waals surface area contributed by atoms with Gasteiger partial charge in [0.1, 0.15) is 17.2 Å². The van der Waals surface area contributed by atoms with Crippen LogP contribution in [0.1, 0.15) is 48.9 Å². The van der Waals surface area contributed by atoms with Gasteiger partial charge in [-0.15, -0.1) is 0 Å². The molecule has 0 unspecified atom stereocenters. The quantitative estimate of drug-likeness (QED) is 0.348. The lowest BCUT2D eigenvalue weighted by molar-refractivity contribution is 0.364. The molecule has 2 aliphatic rings. The summed E-state index contributed by atoms with van der Waals surface area (Å²) in [5, 5.41) is 0. The van der Waals surface area contributed by atoms with Crippen LogP contribution in [0, 0.1) is 12.8 Å². The fraction of sp³-hybridized carbons (Fsp3) is 0.276. The van der Waals surface area contributed by atoms with Crippen molar-refractivity contribution in [1.29, 1.82) is 0 Å². The van der Waals surface area contributed by atoms with E-state index in [9.17, 15) is 0 Å². The third-order valence-corrected chi connectivity index (χ3v) is 7.04. The highest BCUT2D eigenvalue weighted by atomic mass is 15.3. The summed E-state index contributed by atoms with van der Waals surface area (Å²) in [6, 6.07) is 26.1. The molecule has 160 valence electrons. The van der Waals surface area contributed by atoms with Crippen molar-refractivity contribution in [3.05, 3.63) is 89.6 Å². The fourth-order valence-electron chi connectivity index (χ4n) is 5.36. The van der Waals surface area contributed by atoms with Gasteiger partial charge in [-0.1, -0.05) is 85.5 Å². The van der Waals surface area contributed by atoms with Crippen molar-refractivity contribution in [3.63, 3.8) is 0 Å². The Bertz CT molecular complexity index is 1280. The Labute approximate surface area is 190 Å². The summed E-state index contributed by atoms with van der Waals surface area (Å²) in [7, 11) is 0. The fourth-order valence-corrected chi connectivity index (χ4v) is 5.36. The van der Waals surface area contributed by atoms with Crippen LogP contribution in [0.4, 0.5) is 5.82 Å². The normalized spacial score (nSPS) is 16.4. The Balaban J connectivity index is 1.56. The zero-order chi connectivity index (χ0) is 21.5. The number of pyridine rings is 1. The van der Waals surface area contributed by atoms with Gasteiger partial charge in [0.2, 0.25) is 0 Å². The Kier molecular flexibility index (Phi) is 4.83. The minimum atomic E-state index is 0.719. The van der Waals surface area contributed by atoms with Crippen molar-refractivity contribution in [2.24, 2.45) is 5.92 Å². The molecule has 0 amide bonds. The molecular formula is C29H29N3. The third kappa shape index (κ3) is 3.33. The Morgan fingerprint density at radius 2 is 1.59 bits per heavy atom. The lowest BCUT2D eigenvalue weighted by Gasteiger charge is -2.35. The van der Waals surface area contributed by atoms with Crippen LogP contribution in [0.5, 0.6) is 0 Å². The van der Waals surface area contributed by atoms with E-state index in [0.717, 1.165) is 23.8 Å². The number of benzene rings is 2. The summed E-state index contributed by atoms with van der Waals surface area (Å²) in [4.78, 5) is 7.69. The molecule has 3 heterocycles. The molecule has 0 spiro atoms. The second-order valence-corrected chi connectivity index (χ2v) is 9.30. The molecule has 3 heteroatoms. The van der Waals surface area contributed by atoms with Gasteiger partial charge in [0.15, 0.2) is 0 Å². The number of imidazole rings is 1. The van der Waals surface area contributed by atoms with E-state index in [1.54, 1.807) is 0 Å². The topological polar surface area (TPSA) is 20.5 Å². The summed E-state index contributed by atoms with van der Waals surface area (Å²) in [6.07, 6.45) is 9.08. The molecule has 32 heavy (non-hydrogen) atoms. The molecule has 2 aromatic carbocycles. The average molecular weight is 420 g/mol. The first kappa shape index (κ1) is 19.4. The number of aryl methyl sites for hydroxylation is 1. The van der Waals surface area contributed by atoms with Gasteiger partial charge in [0, 0.05) is 12.1 Å². The van der Waals surface area contributed by atoms with Crippen LogP contribution < -0.4 is 4.90 Å². The second kappa shape index (κ2) is 7.98. The van der Waals surface area contributed by atoms with Gasteiger partial charge < -0.3 is 4.90 Å². The summed E-state index contributed by atoms with van der Waals surface area (Å²) < 4.78 is 2.35. The van der Waals surface area contributed by atoms with Gasteiger partial charge in [-0.2, -0.15) is 0 Å². The maximum atomic E-state index is 5.13. The Morgan fingerprint density at radius 3 is 2.38 bits per heavy atom. The van der Waals surface area contributed by atoms with Crippen LogP contribution in [-0.4, -0.2) is 15.9 Å². The summed E-state index contributed by atoms with van der Waals surface area (Å²) in [5.74, 6) is 1.93. The van der Waals surface area contributed by atoms with Crippen molar-refractivity contribution < 1.29 is 0 Å². The van der Waals surface area contributed by atoms with Crippen molar-refractivity contribution in [3.8, 4) is 11.3 Å². The van der Waals surface area contributed by atoms with Crippen LogP contribution >= 0.6 is 0 Å². The van der Waals surface area contributed by atoms with Crippen LogP contribution in [0.2, 0.25) is 0 Å². The first-order valence-electron chi connectivity index (χ1n) is 11.9. The van der Waals surface area contributed by atoms with E-state index in [0.29, 0.717) is 0 Å². The molecule has 1 saturated carbocycles. The maximum absolute atomic E-state index is 5.13. The summed E-state index contributed by atoms with van der Waals surface area (Å²) in [5.41, 5.74) is 8.32. The number of nitrogens with zero attached hydrogens (tertiary/aromatic N) is 3. The minimum absolute atomic E-state index is 0.719. The van der Waals surface area contributed by atoms with Gasteiger partial charge in [0.25, 0.3) is 0 Å². The Hall–Kier alpha value is -3.33. The van der Waals surface area contributed by atoms with Crippen LogP contribution in [0.25, 0.3) is 28.7 Å². The Morgan fingerprint density at radius 1 is 0.812 bits per heavy atom. The maximum Gasteiger partial charge on any atom is 0.146 e. The molecule has 0 atom stereocenters. The monoisotopic (exact) mass is 419 g/mol. The smallest absolute Gasteiger partial charge is 0.146 e. The molecule has 0 radical (unpaired) electrons. The number of anilines is 1. The predicted octanol–water partition coefficient (Wildman–Crippen LogP) is 7.21. The molecule has 2 aromatic heterocycles. The standard InChI is InChI=1S/C29H29N3/c1-21-15-17-23(18-16-21)26-19-25-13-8-14-27-30-28(24-11-6-3-7-12-24)29(32(25)27)31(26)20-22-9-4-2-5-10-22/h3,6-8,11-19,22H,2,4-5,9-10,20H2,1H3. The van der Waals surface area contributed by atoms with Crippen molar-refractivity contribution in [2.75, 3.05) is 11.4 Å². The molecule has 0 N–H and O–H groups in total. The molecule has 0 bridgehead atoms. The number of hydrogen-bond acceptors (Lipinski definition) is 2. The summed E-state index contributed by atoms with van der Waals surface area (Å²) in [6.45, 7) is 3.20. The van der Waals surface area contributed by atoms with Crippen LogP contribution in [-0.2, 0) is 0 Å². The van der Waals surface area contributed by atoms with E-state index in [-0.39, 0.29) is 0 Å². The average Bonchev–Trinajstić information content (AvgIpc) is 3.24. The highest BCUT2D eigenvalue weighted by molar-refractivity contribution is 5.96. The highest BCUT2D eigenvalue weighted by Crippen LogP contribution is 2.42. The molecule has 4 aromatic rings. The van der Waals surface area contributed by atoms with Crippen molar-refractivity contribution in [2.45, 2.75) is 39.0 Å². The molecular weight excluding hydrogens is 390 g/mol. The summed E-state index contributed by atoms with van der Waals surface area (Å²) >= 11 is 0. The highest BCUT2D eigenvalue weighted by Gasteiger charge is 2.30. The van der Waals surface area contributed by atoms with E-state index in [2.05, 4.69) is 95.1 Å². The molecule has 6 rings (SSSR count). The molecule has 1 aliphatic heterocycles. The van der Waals surface area contributed by atoms with Gasteiger partial charge in [0.05, 0.1) is 11.4 Å². The first-order chi connectivity index (χ1) is 15.8. The third-order valence-electron chi connectivity index (χ3n) is 7.04. The second-order valence-electron chi connectivity index (χ2n) is 9.30. The van der Waals surface area contributed by atoms with Crippen LogP contribution in [0.3, 0.4) is 0 Å². The zero-order valence-corrected chi connectivity index (χ0v) is 18.7. The van der Waals surface area contributed by atoms with E-state index >= 15 is 0 Å². The van der Waals surface area contributed by atoms with Gasteiger partial charge in [-0.05, 0) is 49.5 Å². The van der Waals surface area contributed by atoms with Gasteiger partial charge >= 0.3 is 0 Å². The molecule has 1 fully saturated rings. The molecule has 3 nitrogen and oxygen atoms in total. The lowest BCUT2D eigenvalue weighted by Crippen LogP contribution is -2.32. The predicted molar refractivity (Wildman–Crippen MR) is 134 cm³/mol. The van der Waals surface area contributed by atoms with Crippen molar-refractivity contribution >= 4 is 23.2 Å². The minimum Gasteiger partial charge on any atom is -0.325 e. The van der Waals surface area contributed by atoms with Crippen LogP contribution in [0.15, 0.2) is 72.8 Å². The molecule has 1 aliphatic carbocycles. The number of hydrogen-bond donors (Lipinski definition) is 0. The van der Waals surface area contributed by atoms with Gasteiger partial charge in [-0.3, -0.25) is 4.40 Å². The van der Waals surface area contributed by atoms with E-state index in [4.69, 9.17) is 4.98 Å². The first-order valence-corrected chi connectivity index (χ1v) is 11.9. The van der Waals surface area contributed by atoms with Crippen molar-refractivity contribution in [1.82, 2.24) is 9.38 Å². The van der Waals surface area contributed by atoms with E-state index in [1.165, 1.54) is 66.0 Å². The van der Waals surface area contributed by atoms with E-state index < -0.39 is 0 Å². The number of rotatable bonds is 4. The lowest BCUT2D eigenvalue weighted by atomic mass is 9.88. The van der Waals surface area contributed by atoms with Gasteiger partial charge in [-0.25, -0.2) is 4.98 Å². The SMILES string of the molecule is Cc1ccc(C2=Cc3cccc4nc(-c5ccccc5)c(n34)N2CC2CCCCC2)cc1. The van der Waals surface area contributed by atoms with E-state index in [1.807, 2.05) is 0 Å². The largest absolute Gasteiger partial charge is 0.325 e. The zero-order valence-electron chi connectivity index (χ0n) is 18.7. The number of aromatic nitrogens is 2.